The fourth-order valence-electron chi connectivity index (χ4n) is 3.40. The summed E-state index contributed by atoms with van der Waals surface area (Å²) in [6, 6.07) is 0.679. The van der Waals surface area contributed by atoms with Crippen molar-refractivity contribution < 1.29 is 5.11 Å². The number of nitrogens with one attached hydrogen (secondary N) is 1. The number of β-amino-alcohol motifs (C(OH)–C–C–N with tert-alkyl or cyclic N) is 1. The summed E-state index contributed by atoms with van der Waals surface area (Å²) in [6.45, 7) is 10.7. The molecule has 0 spiro atoms. The normalized spacial score (nSPS) is 38.6. The number of likely N-dealkylation sites (tertiary alicyclic amines) is 1. The molecule has 2 rings (SSSR count). The lowest BCUT2D eigenvalue weighted by molar-refractivity contribution is 0.00882. The molecule has 3 nitrogen and oxygen atoms in total. The highest BCUT2D eigenvalue weighted by Crippen LogP contribution is 2.35. The molecule has 0 aromatic carbocycles. The molecular weight excluding hydrogens is 200 g/mol. The van der Waals surface area contributed by atoms with Crippen LogP contribution in [0.2, 0.25) is 0 Å². The highest BCUT2D eigenvalue weighted by Gasteiger charge is 2.44. The van der Waals surface area contributed by atoms with E-state index in [2.05, 4.69) is 24.1 Å². The minimum Gasteiger partial charge on any atom is -0.389 e. The van der Waals surface area contributed by atoms with Crippen LogP contribution in [-0.4, -0.2) is 47.8 Å². The first-order chi connectivity index (χ1) is 7.57. The van der Waals surface area contributed by atoms with Crippen molar-refractivity contribution in [3.05, 3.63) is 0 Å². The van der Waals surface area contributed by atoms with E-state index in [9.17, 15) is 5.11 Å². The number of hydrogen-bond donors (Lipinski definition) is 2. The molecule has 0 saturated carbocycles. The van der Waals surface area contributed by atoms with Gasteiger partial charge in [0.15, 0.2) is 0 Å². The smallest absolute Gasteiger partial charge is 0.0743 e. The van der Waals surface area contributed by atoms with Gasteiger partial charge in [-0.05, 0) is 44.7 Å². The molecule has 2 saturated heterocycles. The van der Waals surface area contributed by atoms with Gasteiger partial charge in [0.25, 0.3) is 0 Å². The lowest BCUT2D eigenvalue weighted by atomic mass is 9.92. The average Bonchev–Trinajstić information content (AvgIpc) is 2.77. The number of nitrogens with zero attached hydrogens (tertiary/aromatic N) is 1. The Morgan fingerprint density at radius 2 is 2.12 bits per heavy atom. The molecule has 4 atom stereocenters. The summed E-state index contributed by atoms with van der Waals surface area (Å²) < 4.78 is 0. The van der Waals surface area contributed by atoms with Crippen LogP contribution < -0.4 is 5.32 Å². The summed E-state index contributed by atoms with van der Waals surface area (Å²) in [4.78, 5) is 2.53. The summed E-state index contributed by atoms with van der Waals surface area (Å²) in [6.07, 6.45) is 2.05. The molecule has 3 heteroatoms. The van der Waals surface area contributed by atoms with Crippen LogP contribution >= 0.6 is 0 Å². The summed E-state index contributed by atoms with van der Waals surface area (Å²) in [5, 5.41) is 13.7. The predicted octanol–water partition coefficient (Wildman–Crippen LogP) is 1.08. The minimum absolute atomic E-state index is 0.514. The molecule has 2 aliphatic rings. The Hall–Kier alpha value is -0.120. The summed E-state index contributed by atoms with van der Waals surface area (Å²) in [7, 11) is 0. The maximum Gasteiger partial charge on any atom is 0.0743 e. The summed E-state index contributed by atoms with van der Waals surface area (Å²) in [5.41, 5.74) is -0.514. The minimum atomic E-state index is -0.514. The number of hydrogen-bond acceptors (Lipinski definition) is 3. The highest BCUT2D eigenvalue weighted by atomic mass is 16.3. The number of aliphatic hydroxyl groups is 1. The topological polar surface area (TPSA) is 35.5 Å². The van der Waals surface area contributed by atoms with Gasteiger partial charge < -0.3 is 10.4 Å². The van der Waals surface area contributed by atoms with E-state index in [1.165, 1.54) is 26.1 Å². The average molecular weight is 226 g/mol. The third-order valence-electron chi connectivity index (χ3n) is 4.55. The Labute approximate surface area is 99.2 Å². The lowest BCUT2D eigenvalue weighted by Gasteiger charge is -2.33. The van der Waals surface area contributed by atoms with Crippen LogP contribution in [0.15, 0.2) is 0 Å². The van der Waals surface area contributed by atoms with Gasteiger partial charge in [0.2, 0.25) is 0 Å². The van der Waals surface area contributed by atoms with E-state index in [4.69, 9.17) is 0 Å². The van der Waals surface area contributed by atoms with Crippen LogP contribution in [0.25, 0.3) is 0 Å². The summed E-state index contributed by atoms with van der Waals surface area (Å²) in [5.74, 6) is 1.63. The van der Waals surface area contributed by atoms with Crippen molar-refractivity contribution in [2.45, 2.75) is 45.3 Å². The molecule has 0 aromatic heterocycles. The first kappa shape index (κ1) is 12.3. The largest absolute Gasteiger partial charge is 0.389 e. The van der Waals surface area contributed by atoms with E-state index in [1.807, 2.05) is 6.92 Å². The van der Waals surface area contributed by atoms with Gasteiger partial charge in [-0.25, -0.2) is 0 Å². The van der Waals surface area contributed by atoms with E-state index in [0.29, 0.717) is 6.04 Å². The molecule has 2 aliphatic heterocycles. The Balaban J connectivity index is 2.00. The van der Waals surface area contributed by atoms with Crippen LogP contribution in [0.3, 0.4) is 0 Å². The monoisotopic (exact) mass is 226 g/mol. The zero-order valence-electron chi connectivity index (χ0n) is 10.9. The lowest BCUT2D eigenvalue weighted by Crippen LogP contribution is -2.44. The zero-order chi connectivity index (χ0) is 11.8. The van der Waals surface area contributed by atoms with Crippen LogP contribution in [0.1, 0.15) is 33.6 Å². The van der Waals surface area contributed by atoms with Gasteiger partial charge in [-0.15, -0.1) is 0 Å². The molecule has 2 fully saturated rings. The van der Waals surface area contributed by atoms with Crippen molar-refractivity contribution in [3.8, 4) is 0 Å². The fourth-order valence-corrected chi connectivity index (χ4v) is 3.40. The summed E-state index contributed by atoms with van der Waals surface area (Å²) >= 11 is 0. The third-order valence-corrected chi connectivity index (χ3v) is 4.55. The maximum absolute atomic E-state index is 10.2. The Bertz CT molecular complexity index is 242. The van der Waals surface area contributed by atoms with Crippen molar-refractivity contribution in [2.75, 3.05) is 26.2 Å². The molecule has 2 heterocycles. The van der Waals surface area contributed by atoms with E-state index >= 15 is 0 Å². The van der Waals surface area contributed by atoms with Gasteiger partial charge in [-0.1, -0.05) is 13.8 Å². The maximum atomic E-state index is 10.2. The van der Waals surface area contributed by atoms with Gasteiger partial charge in [-0.3, -0.25) is 4.90 Å². The van der Waals surface area contributed by atoms with Gasteiger partial charge in [-0.2, -0.15) is 0 Å². The molecule has 0 bridgehead atoms. The van der Waals surface area contributed by atoms with Crippen molar-refractivity contribution in [1.29, 1.82) is 0 Å². The van der Waals surface area contributed by atoms with Crippen LogP contribution in [0, 0.1) is 11.8 Å². The Kier molecular flexibility index (Phi) is 3.57. The van der Waals surface area contributed by atoms with E-state index < -0.39 is 5.60 Å². The SMILES string of the molecule is CCC1C2CNCC2CN1CC(C)(O)CC. The van der Waals surface area contributed by atoms with E-state index in [1.54, 1.807) is 0 Å². The van der Waals surface area contributed by atoms with Gasteiger partial charge in [0, 0.05) is 19.1 Å². The first-order valence-electron chi connectivity index (χ1n) is 6.74. The van der Waals surface area contributed by atoms with Gasteiger partial charge in [0.05, 0.1) is 5.60 Å². The van der Waals surface area contributed by atoms with Crippen molar-refractivity contribution in [1.82, 2.24) is 10.2 Å². The number of rotatable bonds is 4. The molecule has 16 heavy (non-hydrogen) atoms. The van der Waals surface area contributed by atoms with Gasteiger partial charge >= 0.3 is 0 Å². The second-order valence-corrected chi connectivity index (χ2v) is 5.84. The fraction of sp³-hybridized carbons (Fsp3) is 1.00. The van der Waals surface area contributed by atoms with E-state index in [-0.39, 0.29) is 0 Å². The van der Waals surface area contributed by atoms with Crippen LogP contribution in [0.4, 0.5) is 0 Å². The molecule has 2 N–H and O–H groups in total. The van der Waals surface area contributed by atoms with Crippen molar-refractivity contribution >= 4 is 0 Å². The second kappa shape index (κ2) is 4.63. The zero-order valence-corrected chi connectivity index (χ0v) is 10.9. The Morgan fingerprint density at radius 1 is 1.38 bits per heavy atom. The third kappa shape index (κ3) is 2.27. The highest BCUT2D eigenvalue weighted by molar-refractivity contribution is 4.99. The standard InChI is InChI=1S/C13H26N2O/c1-4-12-11-7-14-6-10(11)8-15(12)9-13(3,16)5-2/h10-12,14,16H,4-9H2,1-3H3. The van der Waals surface area contributed by atoms with Crippen molar-refractivity contribution in [2.24, 2.45) is 11.8 Å². The van der Waals surface area contributed by atoms with E-state index in [0.717, 1.165) is 24.8 Å². The van der Waals surface area contributed by atoms with Crippen LogP contribution in [-0.2, 0) is 0 Å². The Morgan fingerprint density at radius 3 is 2.75 bits per heavy atom. The molecular formula is C13H26N2O. The van der Waals surface area contributed by atoms with Gasteiger partial charge in [0.1, 0.15) is 0 Å². The molecule has 0 aromatic rings. The number of fused-ring (bicyclic) bond motifs is 1. The first-order valence-corrected chi connectivity index (χ1v) is 6.74. The molecule has 0 aliphatic carbocycles. The molecule has 94 valence electrons. The molecule has 0 radical (unpaired) electrons. The predicted molar refractivity (Wildman–Crippen MR) is 66.4 cm³/mol. The quantitative estimate of drug-likeness (QED) is 0.753. The molecule has 0 amide bonds. The van der Waals surface area contributed by atoms with Crippen molar-refractivity contribution in [3.63, 3.8) is 0 Å². The second-order valence-electron chi connectivity index (χ2n) is 5.84. The molecule has 4 unspecified atom stereocenters. The van der Waals surface area contributed by atoms with Crippen LogP contribution in [0.5, 0.6) is 0 Å².